The summed E-state index contributed by atoms with van der Waals surface area (Å²) in [6, 6.07) is 79.0. The Balaban J connectivity index is 0.887. The van der Waals surface area contributed by atoms with Crippen LogP contribution < -0.4 is 4.90 Å². The van der Waals surface area contributed by atoms with Gasteiger partial charge in [0.2, 0.25) is 0 Å². The van der Waals surface area contributed by atoms with Crippen LogP contribution in [0.3, 0.4) is 0 Å². The number of hydrogen-bond acceptors (Lipinski definition) is 2. The van der Waals surface area contributed by atoms with E-state index in [9.17, 15) is 0 Å². The fourth-order valence-corrected chi connectivity index (χ4v) is 15.2. The number of hydrogen-bond donors (Lipinski definition) is 2. The van der Waals surface area contributed by atoms with Gasteiger partial charge in [0, 0.05) is 93.2 Å². The summed E-state index contributed by atoms with van der Waals surface area (Å²) in [6.07, 6.45) is 0. The van der Waals surface area contributed by atoms with Gasteiger partial charge in [-0.3, -0.25) is 0 Å². The number of furan rings is 1. The second-order valence-corrected chi connectivity index (χ2v) is 24.1. The van der Waals surface area contributed by atoms with Crippen molar-refractivity contribution in [1.29, 1.82) is 0 Å². The minimum absolute atomic E-state index is 0.209. The number of H-pyrrole nitrogens is 2. The van der Waals surface area contributed by atoms with Crippen LogP contribution in [0.5, 0.6) is 0 Å². The Morgan fingerprint density at radius 2 is 0.937 bits per heavy atom. The van der Waals surface area contributed by atoms with Gasteiger partial charge in [-0.15, -0.1) is 0 Å². The molecule has 11 aromatic carbocycles. The van der Waals surface area contributed by atoms with Crippen LogP contribution in [0.25, 0.3) is 121 Å². The van der Waals surface area contributed by atoms with E-state index in [0.29, 0.717) is 0 Å². The van der Waals surface area contributed by atoms with E-state index < -0.39 is 0 Å². The lowest BCUT2D eigenvalue weighted by Gasteiger charge is -2.32. The fourth-order valence-electron chi connectivity index (χ4n) is 15.2. The maximum absolute atomic E-state index is 7.00. The van der Waals surface area contributed by atoms with Gasteiger partial charge in [-0.05, 0) is 133 Å². The molecule has 0 unspecified atom stereocenters. The van der Waals surface area contributed by atoms with Gasteiger partial charge in [-0.2, -0.15) is 0 Å². The van der Waals surface area contributed by atoms with E-state index in [1.165, 1.54) is 116 Å². The Morgan fingerprint density at radius 1 is 0.354 bits per heavy atom. The molecule has 2 N–H and O–H groups in total. The first-order valence-corrected chi connectivity index (χ1v) is 27.9. The van der Waals surface area contributed by atoms with Crippen molar-refractivity contribution in [3.63, 3.8) is 0 Å². The number of para-hydroxylation sites is 4. The highest BCUT2D eigenvalue weighted by molar-refractivity contribution is 6.23. The van der Waals surface area contributed by atoms with Crippen LogP contribution in [0, 0.1) is 0 Å². The molecule has 14 aromatic rings. The predicted molar refractivity (Wildman–Crippen MR) is 331 cm³/mol. The Bertz CT molecular complexity index is 5000. The van der Waals surface area contributed by atoms with Gasteiger partial charge in [-0.1, -0.05) is 193 Å². The zero-order valence-corrected chi connectivity index (χ0v) is 45.1. The molecule has 0 atom stereocenters. The highest BCUT2D eigenvalue weighted by atomic mass is 16.3. The first-order valence-electron chi connectivity index (χ1n) is 27.9. The minimum Gasteiger partial charge on any atom is -0.455 e. The van der Waals surface area contributed by atoms with Crippen LogP contribution in [0.4, 0.5) is 17.1 Å². The largest absolute Gasteiger partial charge is 0.455 e. The summed E-state index contributed by atoms with van der Waals surface area (Å²) in [5, 5.41) is 7.37. The number of anilines is 3. The van der Waals surface area contributed by atoms with E-state index in [1.807, 2.05) is 0 Å². The molecule has 0 fully saturated rings. The molecule has 3 aliphatic rings. The van der Waals surface area contributed by atoms with Crippen molar-refractivity contribution in [3.05, 3.63) is 246 Å². The summed E-state index contributed by atoms with van der Waals surface area (Å²) in [4.78, 5) is 10.3. The number of fused-ring (bicyclic) bond motifs is 22. The number of aromatic nitrogens is 2. The van der Waals surface area contributed by atoms with E-state index in [-0.39, 0.29) is 16.2 Å². The summed E-state index contributed by atoms with van der Waals surface area (Å²) in [5.41, 5.74) is 29.7. The summed E-state index contributed by atoms with van der Waals surface area (Å²) in [5.74, 6) is 0. The Labute approximate surface area is 458 Å². The van der Waals surface area contributed by atoms with E-state index in [0.717, 1.165) is 55.8 Å². The van der Waals surface area contributed by atoms with Crippen molar-refractivity contribution in [2.45, 2.75) is 57.8 Å². The molecule has 0 amide bonds. The van der Waals surface area contributed by atoms with Crippen LogP contribution in [0.1, 0.15) is 74.9 Å². The van der Waals surface area contributed by atoms with Crippen molar-refractivity contribution in [2.24, 2.45) is 0 Å². The average Bonchev–Trinajstić information content (AvgIpc) is 4.38. The Hall–Kier alpha value is -9.38. The van der Waals surface area contributed by atoms with Crippen molar-refractivity contribution >= 4 is 82.6 Å². The van der Waals surface area contributed by atoms with Crippen LogP contribution in [0.15, 0.2) is 217 Å². The summed E-state index contributed by atoms with van der Waals surface area (Å²) >= 11 is 0. The van der Waals surface area contributed by atoms with E-state index >= 15 is 0 Å². The lowest BCUT2D eigenvalue weighted by Crippen LogP contribution is -2.24. The summed E-state index contributed by atoms with van der Waals surface area (Å²) in [6.45, 7) is 14.7. The van der Waals surface area contributed by atoms with E-state index in [4.69, 9.17) is 4.42 Å². The van der Waals surface area contributed by atoms with Crippen molar-refractivity contribution < 1.29 is 4.42 Å². The Morgan fingerprint density at radius 3 is 1.72 bits per heavy atom. The minimum atomic E-state index is -0.366. The molecule has 0 saturated carbocycles. The molecule has 4 heteroatoms. The normalized spacial score (nSPS) is 15.0. The first-order chi connectivity index (χ1) is 38.5. The molecule has 79 heavy (non-hydrogen) atoms. The lowest BCUT2D eigenvalue weighted by molar-refractivity contribution is 0.602. The molecule has 3 heterocycles. The molecule has 0 radical (unpaired) electrons. The van der Waals surface area contributed by atoms with Crippen LogP contribution in [-0.2, 0) is 16.2 Å². The number of rotatable bonds is 5. The highest BCUT2D eigenvalue weighted by Gasteiger charge is 2.48. The lowest BCUT2D eigenvalue weighted by atomic mass is 9.72. The molecule has 4 nitrogen and oxygen atoms in total. The second kappa shape index (κ2) is 15.4. The number of aromatic amines is 2. The monoisotopic (exact) mass is 1010 g/mol. The van der Waals surface area contributed by atoms with Gasteiger partial charge >= 0.3 is 0 Å². The van der Waals surface area contributed by atoms with Gasteiger partial charge in [0.05, 0.1) is 11.2 Å². The smallest absolute Gasteiger partial charge is 0.143 e. The second-order valence-electron chi connectivity index (χ2n) is 24.1. The Kier molecular flexibility index (Phi) is 8.73. The zero-order chi connectivity index (χ0) is 52.8. The quantitative estimate of drug-likeness (QED) is 0.180. The summed E-state index contributed by atoms with van der Waals surface area (Å²) < 4.78 is 7.00. The van der Waals surface area contributed by atoms with Crippen molar-refractivity contribution in [1.82, 2.24) is 9.97 Å². The molecule has 0 saturated heterocycles. The zero-order valence-electron chi connectivity index (χ0n) is 45.1. The van der Waals surface area contributed by atoms with Crippen LogP contribution >= 0.6 is 0 Å². The van der Waals surface area contributed by atoms with Crippen LogP contribution in [-0.4, -0.2) is 9.97 Å². The molecular weight excluding hydrogens is 959 g/mol. The maximum atomic E-state index is 7.00. The maximum Gasteiger partial charge on any atom is 0.143 e. The standard InChI is InChI=1S/C75H55N3O/c1-73(2)56-39-44(33-36-50(56)64-58(73)41-54(72-67(64)53-26-14-19-31-63(53)79-72)43-32-35-48-47-23-11-16-28-59(47)76-61(48)38-43)78(62-30-18-13-22-46(62)42-20-8-7-9-21-42)45-34-37-51-57(40-45)75(5,6)69-65(51)66-52-25-12-17-29-60(52)77-71(66)68-49-24-10-15-27-55(49)74(3,4)70(68)69/h7-41,76-77H,1-6H3. The van der Waals surface area contributed by atoms with Crippen molar-refractivity contribution in [2.75, 3.05) is 4.90 Å². The highest BCUT2D eigenvalue weighted by Crippen LogP contribution is 2.64. The predicted octanol–water partition coefficient (Wildman–Crippen LogP) is 20.6. The number of nitrogens with one attached hydrogen (secondary N) is 2. The number of benzene rings is 11. The van der Waals surface area contributed by atoms with E-state index in [2.05, 4.69) is 269 Å². The average molecular weight is 1010 g/mol. The van der Waals surface area contributed by atoms with Gasteiger partial charge < -0.3 is 19.3 Å². The number of nitrogens with zero attached hydrogens (tertiary/aromatic N) is 1. The topological polar surface area (TPSA) is 48.0 Å². The van der Waals surface area contributed by atoms with Crippen LogP contribution in [0.2, 0.25) is 0 Å². The van der Waals surface area contributed by atoms with Gasteiger partial charge in [0.25, 0.3) is 0 Å². The molecule has 17 rings (SSSR count). The molecular formula is C75H55N3O. The fraction of sp³-hybridized carbons (Fsp3) is 0.120. The van der Waals surface area contributed by atoms with E-state index in [1.54, 1.807) is 0 Å². The van der Waals surface area contributed by atoms with Crippen molar-refractivity contribution in [3.8, 4) is 55.6 Å². The van der Waals surface area contributed by atoms with Gasteiger partial charge in [0.1, 0.15) is 11.2 Å². The van der Waals surface area contributed by atoms with Gasteiger partial charge in [0.15, 0.2) is 0 Å². The first kappa shape index (κ1) is 44.7. The molecule has 3 aliphatic carbocycles. The molecule has 376 valence electrons. The third-order valence-corrected chi connectivity index (χ3v) is 18.9. The molecule has 0 spiro atoms. The third kappa shape index (κ3) is 5.83. The SMILES string of the molecule is CC1(C)c2cc(N(c3ccc4c(c3)C(C)(C)c3c5c(c6[nH]c7ccccc7c6c3-4)-c3ccccc3C5(C)C)c3ccccc3-c3ccccc3)ccc2-c2c1cc(-c1ccc3c(c1)[nH]c1ccccc13)c1oc3ccccc3c21. The van der Waals surface area contributed by atoms with Gasteiger partial charge in [-0.25, -0.2) is 0 Å². The molecule has 3 aromatic heterocycles. The third-order valence-electron chi connectivity index (χ3n) is 18.9. The summed E-state index contributed by atoms with van der Waals surface area (Å²) in [7, 11) is 0. The molecule has 0 bridgehead atoms. The molecule has 0 aliphatic heterocycles.